The summed E-state index contributed by atoms with van der Waals surface area (Å²) in [5.41, 5.74) is 2.56. The van der Waals surface area contributed by atoms with E-state index in [-0.39, 0.29) is 0 Å². The maximum absolute atomic E-state index is 3.35. The van der Waals surface area contributed by atoms with Crippen molar-refractivity contribution in [2.75, 3.05) is 0 Å². The molecule has 0 spiro atoms. The second kappa shape index (κ2) is 4.40. The van der Waals surface area contributed by atoms with E-state index in [0.717, 1.165) is 0 Å². The SMILES string of the molecule is Cc1ccc2[nH]cc([Se]c3ccccc3)c2c1. The van der Waals surface area contributed by atoms with Gasteiger partial charge in [-0.05, 0) is 0 Å². The van der Waals surface area contributed by atoms with Crippen molar-refractivity contribution in [3.05, 3.63) is 60.3 Å². The number of fused-ring (bicyclic) bond motifs is 1. The molecule has 2 heteroatoms. The second-order valence-electron chi connectivity index (χ2n) is 4.12. The van der Waals surface area contributed by atoms with Crippen molar-refractivity contribution in [2.45, 2.75) is 6.92 Å². The molecule has 0 saturated carbocycles. The van der Waals surface area contributed by atoms with E-state index in [4.69, 9.17) is 0 Å². The molecule has 1 heterocycles. The van der Waals surface area contributed by atoms with Crippen LogP contribution in [0.25, 0.3) is 10.9 Å². The standard InChI is InChI=1S/C15H13NSe/c1-11-7-8-14-13(9-11)15(10-16-14)17-12-5-3-2-4-6-12/h2-10,16H,1H3. The number of aromatic nitrogens is 1. The average molecular weight is 286 g/mol. The zero-order chi connectivity index (χ0) is 11.7. The molecule has 0 bridgehead atoms. The van der Waals surface area contributed by atoms with Crippen molar-refractivity contribution in [3.8, 4) is 0 Å². The molecule has 84 valence electrons. The van der Waals surface area contributed by atoms with Crippen molar-refractivity contribution in [3.63, 3.8) is 0 Å². The fourth-order valence-electron chi connectivity index (χ4n) is 1.91. The Labute approximate surface area is 107 Å². The molecule has 0 aliphatic rings. The molecule has 2 aromatic carbocycles. The zero-order valence-electron chi connectivity index (χ0n) is 9.60. The Morgan fingerprint density at radius 1 is 1.00 bits per heavy atom. The average Bonchev–Trinajstić information content (AvgIpc) is 2.73. The van der Waals surface area contributed by atoms with Gasteiger partial charge in [-0.1, -0.05) is 0 Å². The number of benzene rings is 2. The number of nitrogens with one attached hydrogen (secondary N) is 1. The summed E-state index contributed by atoms with van der Waals surface area (Å²) in [5.74, 6) is 0. The Balaban J connectivity index is 2.03. The number of rotatable bonds is 2. The minimum absolute atomic E-state index is 0.382. The summed E-state index contributed by atoms with van der Waals surface area (Å²) in [4.78, 5) is 3.35. The Kier molecular flexibility index (Phi) is 2.76. The van der Waals surface area contributed by atoms with Gasteiger partial charge in [-0.2, -0.15) is 0 Å². The molecule has 0 amide bonds. The maximum atomic E-state index is 3.35. The van der Waals surface area contributed by atoms with E-state index >= 15 is 0 Å². The summed E-state index contributed by atoms with van der Waals surface area (Å²) in [6, 6.07) is 17.3. The zero-order valence-corrected chi connectivity index (χ0v) is 11.3. The first-order valence-corrected chi connectivity index (χ1v) is 7.35. The van der Waals surface area contributed by atoms with Gasteiger partial charge in [-0.15, -0.1) is 0 Å². The minimum atomic E-state index is 0.382. The normalized spacial score (nSPS) is 10.9. The first kappa shape index (κ1) is 10.6. The van der Waals surface area contributed by atoms with Crippen LogP contribution in [0, 0.1) is 6.92 Å². The number of aryl methyl sites for hydroxylation is 1. The van der Waals surface area contributed by atoms with Gasteiger partial charge in [0.05, 0.1) is 0 Å². The third kappa shape index (κ3) is 2.14. The summed E-state index contributed by atoms with van der Waals surface area (Å²) in [7, 11) is 0. The first-order chi connectivity index (χ1) is 8.33. The molecule has 0 unspecified atom stereocenters. The van der Waals surface area contributed by atoms with Crippen molar-refractivity contribution in [1.29, 1.82) is 0 Å². The Bertz CT molecular complexity index is 640. The van der Waals surface area contributed by atoms with Crippen LogP contribution in [0.2, 0.25) is 0 Å². The molecule has 0 saturated heterocycles. The number of aromatic amines is 1. The van der Waals surface area contributed by atoms with E-state index in [2.05, 4.69) is 66.6 Å². The van der Waals surface area contributed by atoms with E-state index in [1.807, 2.05) is 0 Å². The molecule has 0 fully saturated rings. The van der Waals surface area contributed by atoms with Gasteiger partial charge >= 0.3 is 107 Å². The monoisotopic (exact) mass is 287 g/mol. The summed E-state index contributed by atoms with van der Waals surface area (Å²) in [6.45, 7) is 2.14. The van der Waals surface area contributed by atoms with Gasteiger partial charge in [-0.3, -0.25) is 0 Å². The van der Waals surface area contributed by atoms with E-state index in [1.165, 1.54) is 25.4 Å². The summed E-state index contributed by atoms with van der Waals surface area (Å²) in [5, 5.41) is 1.37. The van der Waals surface area contributed by atoms with Crippen LogP contribution in [0.1, 0.15) is 5.56 Å². The Morgan fingerprint density at radius 2 is 1.82 bits per heavy atom. The summed E-state index contributed by atoms with van der Waals surface area (Å²) >= 11 is 0.382. The number of hydrogen-bond acceptors (Lipinski definition) is 0. The molecule has 0 radical (unpaired) electrons. The van der Waals surface area contributed by atoms with Crippen molar-refractivity contribution in [1.82, 2.24) is 4.98 Å². The van der Waals surface area contributed by atoms with Crippen LogP contribution >= 0.6 is 0 Å². The van der Waals surface area contributed by atoms with Crippen LogP contribution in [-0.4, -0.2) is 19.9 Å². The van der Waals surface area contributed by atoms with Crippen molar-refractivity contribution < 1.29 is 0 Å². The third-order valence-electron chi connectivity index (χ3n) is 2.77. The van der Waals surface area contributed by atoms with Gasteiger partial charge in [0.1, 0.15) is 0 Å². The van der Waals surface area contributed by atoms with E-state index < -0.39 is 0 Å². The van der Waals surface area contributed by atoms with Crippen LogP contribution in [-0.2, 0) is 0 Å². The topological polar surface area (TPSA) is 15.8 Å². The molecule has 0 aliphatic carbocycles. The van der Waals surface area contributed by atoms with Gasteiger partial charge in [0.25, 0.3) is 0 Å². The molecular weight excluding hydrogens is 273 g/mol. The molecular formula is C15H13NSe. The van der Waals surface area contributed by atoms with Crippen LogP contribution < -0.4 is 8.92 Å². The molecule has 1 aromatic heterocycles. The number of hydrogen-bond donors (Lipinski definition) is 1. The quantitative estimate of drug-likeness (QED) is 0.695. The van der Waals surface area contributed by atoms with E-state index in [0.29, 0.717) is 15.0 Å². The van der Waals surface area contributed by atoms with Crippen LogP contribution in [0.5, 0.6) is 0 Å². The van der Waals surface area contributed by atoms with Gasteiger partial charge in [0, 0.05) is 0 Å². The van der Waals surface area contributed by atoms with Crippen LogP contribution in [0.3, 0.4) is 0 Å². The van der Waals surface area contributed by atoms with Crippen LogP contribution in [0.15, 0.2) is 54.7 Å². The van der Waals surface area contributed by atoms with Gasteiger partial charge in [-0.25, -0.2) is 0 Å². The predicted octanol–water partition coefficient (Wildman–Crippen LogP) is 2.13. The number of H-pyrrole nitrogens is 1. The summed E-state index contributed by atoms with van der Waals surface area (Å²) < 4.78 is 2.85. The van der Waals surface area contributed by atoms with Gasteiger partial charge in [0.15, 0.2) is 0 Å². The molecule has 17 heavy (non-hydrogen) atoms. The van der Waals surface area contributed by atoms with Crippen LogP contribution in [0.4, 0.5) is 0 Å². The Hall–Kier alpha value is -1.50. The second-order valence-corrected chi connectivity index (χ2v) is 6.46. The van der Waals surface area contributed by atoms with Crippen molar-refractivity contribution in [2.24, 2.45) is 0 Å². The molecule has 0 atom stereocenters. The fourth-order valence-corrected chi connectivity index (χ4v) is 3.89. The van der Waals surface area contributed by atoms with E-state index in [1.54, 1.807) is 0 Å². The molecule has 3 aromatic rings. The first-order valence-electron chi connectivity index (χ1n) is 5.63. The van der Waals surface area contributed by atoms with E-state index in [9.17, 15) is 0 Å². The third-order valence-corrected chi connectivity index (χ3v) is 5.01. The molecule has 1 nitrogen and oxygen atoms in total. The fraction of sp³-hybridized carbons (Fsp3) is 0.0667. The predicted molar refractivity (Wildman–Crippen MR) is 74.5 cm³/mol. The van der Waals surface area contributed by atoms with Crippen molar-refractivity contribution >= 4 is 34.8 Å². The molecule has 0 aliphatic heterocycles. The van der Waals surface area contributed by atoms with Gasteiger partial charge in [0.2, 0.25) is 0 Å². The molecule has 3 rings (SSSR count). The Morgan fingerprint density at radius 3 is 2.65 bits per heavy atom. The summed E-state index contributed by atoms with van der Waals surface area (Å²) in [6.07, 6.45) is 2.15. The van der Waals surface area contributed by atoms with Gasteiger partial charge < -0.3 is 0 Å². The molecule has 1 N–H and O–H groups in total.